The fourth-order valence-electron chi connectivity index (χ4n) is 5.44. The van der Waals surface area contributed by atoms with Gasteiger partial charge >= 0.3 is 6.03 Å². The lowest BCUT2D eigenvalue weighted by Gasteiger charge is -2.50. The highest BCUT2D eigenvalue weighted by Crippen LogP contribution is 2.44. The van der Waals surface area contributed by atoms with Gasteiger partial charge in [0.2, 0.25) is 5.91 Å². The molecule has 1 aliphatic carbocycles. The molecule has 168 valence electrons. The number of nitrogens with one attached hydrogen (secondary N) is 1. The highest BCUT2D eigenvalue weighted by molar-refractivity contribution is 5.89. The zero-order valence-corrected chi connectivity index (χ0v) is 17.8. The maximum atomic E-state index is 13.4. The molecule has 3 heterocycles. The first-order valence-electron chi connectivity index (χ1n) is 11.1. The summed E-state index contributed by atoms with van der Waals surface area (Å²) < 4.78 is 26.9. The lowest BCUT2D eigenvalue weighted by Crippen LogP contribution is -2.64. The van der Waals surface area contributed by atoms with Crippen LogP contribution in [0.25, 0.3) is 0 Å². The molecule has 0 aromatic heterocycles. The van der Waals surface area contributed by atoms with Gasteiger partial charge in [0.25, 0.3) is 0 Å². The minimum Gasteiger partial charge on any atom is -0.324 e. The van der Waals surface area contributed by atoms with Crippen LogP contribution < -0.4 is 5.32 Å². The van der Waals surface area contributed by atoms with E-state index in [1.165, 1.54) is 12.8 Å². The molecular weight excluding hydrogens is 404 g/mol. The summed E-state index contributed by atoms with van der Waals surface area (Å²) in [6, 6.07) is 2.52. The largest absolute Gasteiger partial charge is 0.324 e. The third-order valence-electron chi connectivity index (χ3n) is 7.27. The molecule has 3 amide bonds. The van der Waals surface area contributed by atoms with Crippen LogP contribution in [0.4, 0.5) is 19.3 Å². The van der Waals surface area contributed by atoms with Crippen LogP contribution in [-0.4, -0.2) is 89.6 Å². The average molecular weight is 434 g/mol. The Morgan fingerprint density at radius 3 is 2.42 bits per heavy atom. The van der Waals surface area contributed by atoms with Crippen molar-refractivity contribution in [1.29, 1.82) is 0 Å². The van der Waals surface area contributed by atoms with Crippen LogP contribution >= 0.6 is 0 Å². The number of benzene rings is 1. The number of carbonyl (C=O) groups is 2. The van der Waals surface area contributed by atoms with Crippen LogP contribution in [0.2, 0.25) is 0 Å². The van der Waals surface area contributed by atoms with Crippen molar-refractivity contribution in [2.75, 3.05) is 51.6 Å². The molecule has 1 aromatic carbocycles. The summed E-state index contributed by atoms with van der Waals surface area (Å²) in [4.78, 5) is 34.5. The quantitative estimate of drug-likeness (QED) is 0.794. The van der Waals surface area contributed by atoms with Crippen molar-refractivity contribution in [3.8, 4) is 0 Å². The van der Waals surface area contributed by atoms with E-state index in [1.54, 1.807) is 4.90 Å². The van der Waals surface area contributed by atoms with E-state index in [-0.39, 0.29) is 29.3 Å². The van der Waals surface area contributed by atoms with Gasteiger partial charge in [-0.15, -0.1) is 0 Å². The Balaban J connectivity index is 1.30. The Kier molecular flexibility index (Phi) is 5.13. The summed E-state index contributed by atoms with van der Waals surface area (Å²) in [5.74, 6) is -0.626. The summed E-state index contributed by atoms with van der Waals surface area (Å²) in [7, 11) is 2.06. The molecule has 4 fully saturated rings. The molecule has 1 aromatic rings. The van der Waals surface area contributed by atoms with Gasteiger partial charge in [-0.3, -0.25) is 9.69 Å². The number of fused-ring (bicyclic) bond motifs is 2. The number of amides is 3. The number of hydrogen-bond donors (Lipinski definition) is 1. The van der Waals surface area contributed by atoms with Gasteiger partial charge in [-0.1, -0.05) is 0 Å². The van der Waals surface area contributed by atoms with Crippen LogP contribution in [0.15, 0.2) is 18.2 Å². The normalized spacial score (nSPS) is 26.4. The number of likely N-dealkylation sites (tertiary alicyclic amines) is 1. The summed E-state index contributed by atoms with van der Waals surface area (Å²) in [6.07, 6.45) is 3.75. The van der Waals surface area contributed by atoms with Crippen molar-refractivity contribution in [2.45, 2.75) is 37.4 Å². The number of hydrogen-bond acceptors (Lipinski definition) is 4. The number of urea groups is 1. The second kappa shape index (κ2) is 7.70. The van der Waals surface area contributed by atoms with Gasteiger partial charge < -0.3 is 20.0 Å². The van der Waals surface area contributed by atoms with E-state index in [9.17, 15) is 18.4 Å². The SMILES string of the molecule is CN1CCN2[C@H](C1)C(=O)N(CC1CC1)C21CCN(C(=O)Nc2cc(F)cc(F)c2)CC1. The number of halogens is 2. The summed E-state index contributed by atoms with van der Waals surface area (Å²) in [6.45, 7) is 4.33. The van der Waals surface area contributed by atoms with Crippen molar-refractivity contribution >= 4 is 17.6 Å². The van der Waals surface area contributed by atoms with Crippen LogP contribution in [0.3, 0.4) is 0 Å². The lowest BCUT2D eigenvalue weighted by molar-refractivity contribution is -0.134. The van der Waals surface area contributed by atoms with Crippen molar-refractivity contribution in [1.82, 2.24) is 19.6 Å². The topological polar surface area (TPSA) is 59.1 Å². The molecule has 5 rings (SSSR count). The van der Waals surface area contributed by atoms with Crippen molar-refractivity contribution < 1.29 is 18.4 Å². The minimum atomic E-state index is -0.728. The number of likely N-dealkylation sites (N-methyl/N-ethyl adjacent to an activating group) is 1. The molecule has 31 heavy (non-hydrogen) atoms. The van der Waals surface area contributed by atoms with Gasteiger partial charge in [-0.25, -0.2) is 13.6 Å². The summed E-state index contributed by atoms with van der Waals surface area (Å²) in [5, 5.41) is 2.60. The van der Waals surface area contributed by atoms with Crippen molar-refractivity contribution in [2.24, 2.45) is 5.92 Å². The molecule has 0 bridgehead atoms. The number of piperazine rings is 1. The van der Waals surface area contributed by atoms with E-state index in [1.807, 2.05) is 0 Å². The number of rotatable bonds is 3. The standard InChI is InChI=1S/C22H29F2N5O2/c1-26-8-9-28-19(14-26)20(30)29(13-15-2-3-15)22(28)4-6-27(7-5-22)21(31)25-18-11-16(23)10-17(24)12-18/h10-12,15,19H,2-9,13-14H2,1H3,(H,25,31)/t19-/m1/s1. The van der Waals surface area contributed by atoms with Gasteiger partial charge in [0.15, 0.2) is 0 Å². The van der Waals surface area contributed by atoms with E-state index in [0.29, 0.717) is 31.8 Å². The van der Waals surface area contributed by atoms with Crippen LogP contribution in [-0.2, 0) is 4.79 Å². The number of nitrogens with zero attached hydrogens (tertiary/aromatic N) is 4. The Labute approximate surface area is 180 Å². The van der Waals surface area contributed by atoms with Gasteiger partial charge in [0, 0.05) is 63.9 Å². The van der Waals surface area contributed by atoms with Crippen LogP contribution in [0.1, 0.15) is 25.7 Å². The van der Waals surface area contributed by atoms with Crippen LogP contribution in [0.5, 0.6) is 0 Å². The monoisotopic (exact) mass is 433 g/mol. The average Bonchev–Trinajstić information content (AvgIpc) is 3.52. The lowest BCUT2D eigenvalue weighted by atomic mass is 9.93. The molecule has 3 saturated heterocycles. The van der Waals surface area contributed by atoms with E-state index in [2.05, 4.69) is 27.1 Å². The number of piperidine rings is 1. The maximum Gasteiger partial charge on any atom is 0.321 e. The second-order valence-corrected chi connectivity index (χ2v) is 9.42. The Bertz CT molecular complexity index is 864. The first-order chi connectivity index (χ1) is 14.9. The zero-order chi connectivity index (χ0) is 21.8. The molecule has 0 unspecified atom stereocenters. The first kappa shape index (κ1) is 20.6. The molecule has 1 saturated carbocycles. The van der Waals surface area contributed by atoms with Crippen LogP contribution in [0, 0.1) is 17.6 Å². The molecule has 0 radical (unpaired) electrons. The number of anilines is 1. The van der Waals surface area contributed by atoms with Crippen molar-refractivity contribution in [3.63, 3.8) is 0 Å². The summed E-state index contributed by atoms with van der Waals surface area (Å²) in [5.41, 5.74) is -0.221. The van der Waals surface area contributed by atoms with Gasteiger partial charge in [0.05, 0.1) is 0 Å². The third kappa shape index (κ3) is 3.78. The first-order valence-corrected chi connectivity index (χ1v) is 11.1. The Hall–Kier alpha value is -2.26. The number of carbonyl (C=O) groups excluding carboxylic acids is 2. The van der Waals surface area contributed by atoms with Gasteiger partial charge in [-0.2, -0.15) is 0 Å². The van der Waals surface area contributed by atoms with Gasteiger partial charge in [-0.05, 0) is 37.9 Å². The summed E-state index contributed by atoms with van der Waals surface area (Å²) >= 11 is 0. The molecule has 7 nitrogen and oxygen atoms in total. The molecule has 9 heteroatoms. The maximum absolute atomic E-state index is 13.4. The fraction of sp³-hybridized carbons (Fsp3) is 0.636. The Morgan fingerprint density at radius 2 is 1.77 bits per heavy atom. The van der Waals surface area contributed by atoms with E-state index >= 15 is 0 Å². The molecule has 4 aliphatic rings. The Morgan fingerprint density at radius 1 is 1.10 bits per heavy atom. The van der Waals surface area contributed by atoms with E-state index < -0.39 is 11.6 Å². The predicted molar refractivity (Wildman–Crippen MR) is 111 cm³/mol. The molecule has 1 N–H and O–H groups in total. The van der Waals surface area contributed by atoms with E-state index in [4.69, 9.17) is 0 Å². The third-order valence-corrected chi connectivity index (χ3v) is 7.27. The molecule has 1 atom stereocenters. The van der Waals surface area contributed by atoms with E-state index in [0.717, 1.165) is 44.4 Å². The second-order valence-electron chi connectivity index (χ2n) is 9.42. The molecule has 3 aliphatic heterocycles. The molecular formula is C22H29F2N5O2. The van der Waals surface area contributed by atoms with Gasteiger partial charge in [0.1, 0.15) is 23.3 Å². The smallest absolute Gasteiger partial charge is 0.321 e. The molecule has 1 spiro atoms. The highest BCUT2D eigenvalue weighted by atomic mass is 19.1. The predicted octanol–water partition coefficient (Wildman–Crippen LogP) is 2.16. The minimum absolute atomic E-state index is 0.104. The zero-order valence-electron chi connectivity index (χ0n) is 17.8. The van der Waals surface area contributed by atoms with Crippen molar-refractivity contribution in [3.05, 3.63) is 29.8 Å². The highest BCUT2D eigenvalue weighted by Gasteiger charge is 2.59. The fourth-order valence-corrected chi connectivity index (χ4v) is 5.44.